The Balaban J connectivity index is 0.00000341. The van der Waals surface area contributed by atoms with Gasteiger partial charge in [0.1, 0.15) is 0 Å². The fourth-order valence-corrected chi connectivity index (χ4v) is 4.85. The number of aryl methyl sites for hydroxylation is 1. The Labute approximate surface area is 196 Å². The van der Waals surface area contributed by atoms with Crippen LogP contribution in [0.3, 0.4) is 0 Å². The van der Waals surface area contributed by atoms with Crippen molar-refractivity contribution in [3.05, 3.63) is 64.7 Å². The van der Waals surface area contributed by atoms with Crippen LogP contribution in [0.5, 0.6) is 0 Å². The normalized spacial score (nSPS) is 18.6. The average molecular weight is 485 g/mol. The van der Waals surface area contributed by atoms with Crippen molar-refractivity contribution in [2.45, 2.75) is 49.1 Å². The maximum Gasteiger partial charge on any atom is 0.251 e. The van der Waals surface area contributed by atoms with E-state index >= 15 is 0 Å². The summed E-state index contributed by atoms with van der Waals surface area (Å²) < 4.78 is 23.2. The SMILES string of the molecule is CN(CCCc1ccc(Cl)cc1)C1CCCC1NC(=O)c1ccc(S(C)(=O)=O)cc1.Cl. The minimum Gasteiger partial charge on any atom is -0.348 e. The summed E-state index contributed by atoms with van der Waals surface area (Å²) in [7, 11) is -1.14. The number of carbonyl (C=O) groups excluding carboxylic acids is 1. The summed E-state index contributed by atoms with van der Waals surface area (Å²) in [6, 6.07) is 14.5. The van der Waals surface area contributed by atoms with Crippen molar-refractivity contribution in [3.63, 3.8) is 0 Å². The third-order valence-electron chi connectivity index (χ3n) is 5.80. The lowest BCUT2D eigenvalue weighted by molar-refractivity contribution is 0.0912. The molecule has 1 saturated carbocycles. The molecule has 8 heteroatoms. The minimum atomic E-state index is -3.26. The summed E-state index contributed by atoms with van der Waals surface area (Å²) in [6.07, 6.45) is 6.31. The number of likely N-dealkylation sites (N-methyl/N-ethyl adjacent to an activating group) is 1. The second kappa shape index (κ2) is 11.3. The highest BCUT2D eigenvalue weighted by Crippen LogP contribution is 2.24. The van der Waals surface area contributed by atoms with Crippen molar-refractivity contribution < 1.29 is 13.2 Å². The molecule has 1 fully saturated rings. The maximum absolute atomic E-state index is 12.7. The zero-order valence-corrected chi connectivity index (χ0v) is 20.3. The van der Waals surface area contributed by atoms with E-state index in [0.29, 0.717) is 11.6 Å². The first-order valence-corrected chi connectivity index (χ1v) is 12.6. The van der Waals surface area contributed by atoms with E-state index in [2.05, 4.69) is 29.4 Å². The monoisotopic (exact) mass is 484 g/mol. The number of carbonyl (C=O) groups is 1. The zero-order valence-electron chi connectivity index (χ0n) is 17.9. The van der Waals surface area contributed by atoms with Gasteiger partial charge >= 0.3 is 0 Å². The first kappa shape index (κ1) is 25.7. The molecule has 0 aromatic heterocycles. The number of benzene rings is 2. The Bertz CT molecular complexity index is 963. The molecule has 31 heavy (non-hydrogen) atoms. The molecule has 2 atom stereocenters. The molecule has 5 nitrogen and oxygen atoms in total. The van der Waals surface area contributed by atoms with Crippen LogP contribution in [0.25, 0.3) is 0 Å². The highest BCUT2D eigenvalue weighted by molar-refractivity contribution is 7.90. The first-order valence-electron chi connectivity index (χ1n) is 10.3. The van der Waals surface area contributed by atoms with Gasteiger partial charge in [-0.15, -0.1) is 12.4 Å². The molecule has 0 heterocycles. The van der Waals surface area contributed by atoms with Gasteiger partial charge in [-0.1, -0.05) is 23.7 Å². The van der Waals surface area contributed by atoms with Crippen LogP contribution in [-0.4, -0.2) is 51.2 Å². The topological polar surface area (TPSA) is 66.5 Å². The van der Waals surface area contributed by atoms with E-state index in [0.717, 1.165) is 49.9 Å². The molecule has 1 amide bonds. The maximum atomic E-state index is 12.7. The smallest absolute Gasteiger partial charge is 0.251 e. The van der Waals surface area contributed by atoms with Crippen molar-refractivity contribution in [3.8, 4) is 0 Å². The van der Waals surface area contributed by atoms with Crippen LogP contribution >= 0.6 is 24.0 Å². The van der Waals surface area contributed by atoms with E-state index in [1.54, 1.807) is 12.1 Å². The molecule has 0 saturated heterocycles. The van der Waals surface area contributed by atoms with Crippen molar-refractivity contribution in [2.24, 2.45) is 0 Å². The van der Waals surface area contributed by atoms with Gasteiger partial charge in [0.15, 0.2) is 9.84 Å². The van der Waals surface area contributed by atoms with Crippen molar-refractivity contribution >= 4 is 39.8 Å². The summed E-state index contributed by atoms with van der Waals surface area (Å²) in [6.45, 7) is 0.961. The van der Waals surface area contributed by atoms with Gasteiger partial charge in [0.25, 0.3) is 5.91 Å². The summed E-state index contributed by atoms with van der Waals surface area (Å²) >= 11 is 5.94. The highest BCUT2D eigenvalue weighted by atomic mass is 35.5. The lowest BCUT2D eigenvalue weighted by Crippen LogP contribution is -2.47. The van der Waals surface area contributed by atoms with E-state index < -0.39 is 9.84 Å². The van der Waals surface area contributed by atoms with E-state index in [1.807, 2.05) is 12.1 Å². The van der Waals surface area contributed by atoms with E-state index in [9.17, 15) is 13.2 Å². The minimum absolute atomic E-state index is 0. The van der Waals surface area contributed by atoms with Crippen LogP contribution in [0.2, 0.25) is 5.02 Å². The summed E-state index contributed by atoms with van der Waals surface area (Å²) in [5.41, 5.74) is 1.76. The van der Waals surface area contributed by atoms with Crippen molar-refractivity contribution in [1.82, 2.24) is 10.2 Å². The molecule has 3 rings (SSSR count). The number of hydrogen-bond acceptors (Lipinski definition) is 4. The van der Waals surface area contributed by atoms with Gasteiger partial charge in [0.2, 0.25) is 0 Å². The molecule has 2 unspecified atom stereocenters. The predicted molar refractivity (Wildman–Crippen MR) is 128 cm³/mol. The quantitative estimate of drug-likeness (QED) is 0.603. The largest absolute Gasteiger partial charge is 0.348 e. The number of sulfone groups is 1. The van der Waals surface area contributed by atoms with Gasteiger partial charge in [-0.3, -0.25) is 4.79 Å². The third kappa shape index (κ3) is 7.21. The van der Waals surface area contributed by atoms with Gasteiger partial charge in [0, 0.05) is 28.9 Å². The van der Waals surface area contributed by atoms with Crippen LogP contribution in [-0.2, 0) is 16.3 Å². The van der Waals surface area contributed by atoms with Gasteiger partial charge < -0.3 is 10.2 Å². The van der Waals surface area contributed by atoms with E-state index in [-0.39, 0.29) is 29.3 Å². The van der Waals surface area contributed by atoms with Crippen LogP contribution in [0.15, 0.2) is 53.4 Å². The second-order valence-electron chi connectivity index (χ2n) is 8.09. The van der Waals surface area contributed by atoms with Crippen molar-refractivity contribution in [1.29, 1.82) is 0 Å². The standard InChI is InChI=1S/C23H29ClN2O3S.ClH/c1-26(16-4-5-17-8-12-19(24)13-9-17)22-7-3-6-21(22)25-23(27)18-10-14-20(15-11-18)30(2,28)29;/h8-15,21-22H,3-7,16H2,1-2H3,(H,25,27);1H. The van der Waals surface area contributed by atoms with Gasteiger partial charge in [-0.2, -0.15) is 0 Å². The molecule has 0 aliphatic heterocycles. The highest BCUT2D eigenvalue weighted by Gasteiger charge is 2.31. The molecule has 170 valence electrons. The van der Waals surface area contributed by atoms with Crippen LogP contribution in [0.4, 0.5) is 0 Å². The summed E-state index contributed by atoms with van der Waals surface area (Å²) in [5, 5.41) is 3.91. The molecule has 0 radical (unpaired) electrons. The predicted octanol–water partition coefficient (Wildman–Crippen LogP) is 4.38. The zero-order chi connectivity index (χ0) is 21.7. The van der Waals surface area contributed by atoms with Crippen LogP contribution in [0.1, 0.15) is 41.6 Å². The molecular formula is C23H30Cl2N2O3S. The number of halogens is 2. The molecular weight excluding hydrogens is 455 g/mol. The van der Waals surface area contributed by atoms with Crippen LogP contribution in [0, 0.1) is 0 Å². The number of hydrogen-bond donors (Lipinski definition) is 1. The third-order valence-corrected chi connectivity index (χ3v) is 7.18. The molecule has 1 aliphatic rings. The average Bonchev–Trinajstić information content (AvgIpc) is 3.17. The molecule has 0 spiro atoms. The lowest BCUT2D eigenvalue weighted by Gasteiger charge is -2.30. The summed E-state index contributed by atoms with van der Waals surface area (Å²) in [5.74, 6) is -0.151. The number of rotatable bonds is 8. The fourth-order valence-electron chi connectivity index (χ4n) is 4.09. The Hall–Kier alpha value is -1.60. The molecule has 1 N–H and O–H groups in total. The lowest BCUT2D eigenvalue weighted by atomic mass is 10.1. The van der Waals surface area contributed by atoms with E-state index in [1.165, 1.54) is 17.7 Å². The Morgan fingerprint density at radius 3 is 2.35 bits per heavy atom. The number of amides is 1. The molecule has 1 aliphatic carbocycles. The molecule has 0 bridgehead atoms. The Kier molecular flexibility index (Phi) is 9.37. The summed E-state index contributed by atoms with van der Waals surface area (Å²) in [4.78, 5) is 15.2. The first-order chi connectivity index (χ1) is 14.2. The second-order valence-corrected chi connectivity index (χ2v) is 10.5. The van der Waals surface area contributed by atoms with Gasteiger partial charge in [-0.25, -0.2) is 8.42 Å². The number of nitrogens with one attached hydrogen (secondary N) is 1. The molecule has 2 aromatic rings. The van der Waals surface area contributed by atoms with Gasteiger partial charge in [-0.05, 0) is 87.7 Å². The van der Waals surface area contributed by atoms with E-state index in [4.69, 9.17) is 11.6 Å². The van der Waals surface area contributed by atoms with Crippen LogP contribution < -0.4 is 5.32 Å². The number of nitrogens with zero attached hydrogens (tertiary/aromatic N) is 1. The van der Waals surface area contributed by atoms with Crippen molar-refractivity contribution in [2.75, 3.05) is 19.8 Å². The Morgan fingerprint density at radius 2 is 1.74 bits per heavy atom. The fraction of sp³-hybridized carbons (Fsp3) is 0.435. The van der Waals surface area contributed by atoms with Gasteiger partial charge in [0.05, 0.1) is 4.90 Å². The molecule has 2 aromatic carbocycles. The Morgan fingerprint density at radius 1 is 1.10 bits per heavy atom.